The van der Waals surface area contributed by atoms with Gasteiger partial charge in [0.25, 0.3) is 5.24 Å². The molecule has 3 heterocycles. The van der Waals surface area contributed by atoms with Gasteiger partial charge >= 0.3 is 0 Å². The highest BCUT2D eigenvalue weighted by molar-refractivity contribution is 8.14. The van der Waals surface area contributed by atoms with Gasteiger partial charge in [-0.3, -0.25) is 4.79 Å². The summed E-state index contributed by atoms with van der Waals surface area (Å²) in [6, 6.07) is 5.56. The molecule has 0 bridgehead atoms. The monoisotopic (exact) mass is 355 g/mol. The van der Waals surface area contributed by atoms with E-state index in [2.05, 4.69) is 35.7 Å². The van der Waals surface area contributed by atoms with Crippen LogP contribution in [-0.4, -0.2) is 36.3 Å². The van der Waals surface area contributed by atoms with Gasteiger partial charge in [-0.2, -0.15) is 5.10 Å². The summed E-state index contributed by atoms with van der Waals surface area (Å²) in [7, 11) is 0. The number of benzene rings is 1. The van der Waals surface area contributed by atoms with E-state index in [9.17, 15) is 9.90 Å². The highest BCUT2D eigenvalue weighted by Crippen LogP contribution is 2.37. The number of fused-ring (bicyclic) bond motifs is 1. The molecule has 0 aliphatic carbocycles. The maximum atomic E-state index is 11.4. The zero-order chi connectivity index (χ0) is 17.4. The minimum absolute atomic E-state index is 0.0769. The number of aromatic amines is 2. The smallest absolute Gasteiger partial charge is 0.299 e. The lowest BCUT2D eigenvalue weighted by Crippen LogP contribution is -2.29. The van der Waals surface area contributed by atoms with E-state index in [-0.39, 0.29) is 16.4 Å². The zero-order valence-corrected chi connectivity index (χ0v) is 13.8. The van der Waals surface area contributed by atoms with E-state index in [0.717, 1.165) is 16.8 Å². The largest absolute Gasteiger partial charge is 0.493 e. The van der Waals surface area contributed by atoms with Crippen molar-refractivity contribution >= 4 is 45.3 Å². The SMILES string of the molecule is CC1SC(=O)NN=C1c1ccc2[nH]c(O)c(N=Nc3ncc[nH]3)c2c1. The fourth-order valence-corrected chi connectivity index (χ4v) is 3.29. The van der Waals surface area contributed by atoms with Gasteiger partial charge in [-0.25, -0.2) is 10.4 Å². The van der Waals surface area contributed by atoms with E-state index in [1.54, 1.807) is 12.4 Å². The van der Waals surface area contributed by atoms with Gasteiger partial charge in [-0.05, 0) is 24.6 Å². The van der Waals surface area contributed by atoms with Crippen molar-refractivity contribution in [3.63, 3.8) is 0 Å². The lowest BCUT2D eigenvalue weighted by molar-refractivity contribution is 0.261. The summed E-state index contributed by atoms with van der Waals surface area (Å²) in [5, 5.41) is 22.8. The summed E-state index contributed by atoms with van der Waals surface area (Å²) >= 11 is 1.18. The molecule has 2 aromatic heterocycles. The third kappa shape index (κ3) is 2.87. The Hall–Kier alpha value is -3.14. The van der Waals surface area contributed by atoms with Crippen molar-refractivity contribution in [1.29, 1.82) is 0 Å². The number of nitrogens with zero attached hydrogens (tertiary/aromatic N) is 4. The molecule has 0 fully saturated rings. The second-order valence-electron chi connectivity index (χ2n) is 5.35. The number of thioether (sulfide) groups is 1. The molecule has 25 heavy (non-hydrogen) atoms. The van der Waals surface area contributed by atoms with Crippen LogP contribution in [0.4, 0.5) is 16.4 Å². The molecule has 1 aliphatic heterocycles. The molecule has 4 N–H and O–H groups in total. The van der Waals surface area contributed by atoms with Gasteiger partial charge in [0.2, 0.25) is 11.8 Å². The highest BCUT2D eigenvalue weighted by Gasteiger charge is 2.23. The maximum absolute atomic E-state index is 11.4. The second-order valence-corrected chi connectivity index (χ2v) is 6.67. The van der Waals surface area contributed by atoms with Crippen LogP contribution in [0.3, 0.4) is 0 Å². The molecule has 0 saturated carbocycles. The number of H-pyrrole nitrogens is 2. The number of carbonyl (C=O) groups is 1. The van der Waals surface area contributed by atoms with E-state index >= 15 is 0 Å². The van der Waals surface area contributed by atoms with E-state index in [4.69, 9.17) is 0 Å². The van der Waals surface area contributed by atoms with Crippen LogP contribution in [0.2, 0.25) is 0 Å². The van der Waals surface area contributed by atoms with Gasteiger partial charge in [0, 0.05) is 17.8 Å². The summed E-state index contributed by atoms with van der Waals surface area (Å²) in [5.41, 5.74) is 5.09. The summed E-state index contributed by atoms with van der Waals surface area (Å²) in [5.74, 6) is 0.262. The number of aromatic nitrogens is 3. The maximum Gasteiger partial charge on any atom is 0.299 e. The minimum Gasteiger partial charge on any atom is -0.493 e. The first-order valence-corrected chi connectivity index (χ1v) is 8.30. The van der Waals surface area contributed by atoms with Gasteiger partial charge in [-0.1, -0.05) is 17.8 Å². The molecule has 1 amide bonds. The Morgan fingerprint density at radius 3 is 2.96 bits per heavy atom. The van der Waals surface area contributed by atoms with Crippen molar-refractivity contribution in [3.05, 3.63) is 36.2 Å². The van der Waals surface area contributed by atoms with Crippen molar-refractivity contribution in [3.8, 4) is 5.88 Å². The van der Waals surface area contributed by atoms with Crippen molar-refractivity contribution in [1.82, 2.24) is 20.4 Å². The molecule has 0 spiro atoms. The van der Waals surface area contributed by atoms with Crippen molar-refractivity contribution in [2.24, 2.45) is 15.3 Å². The van der Waals surface area contributed by atoms with Crippen LogP contribution in [0, 0.1) is 0 Å². The normalized spacial score (nSPS) is 17.9. The highest BCUT2D eigenvalue weighted by atomic mass is 32.2. The minimum atomic E-state index is -0.176. The first kappa shape index (κ1) is 15.4. The van der Waals surface area contributed by atoms with E-state index in [1.165, 1.54) is 11.8 Å². The molecular weight excluding hydrogens is 342 g/mol. The number of hydrogen-bond acceptors (Lipinski definition) is 7. The van der Waals surface area contributed by atoms with Crippen LogP contribution in [0.25, 0.3) is 10.9 Å². The number of hydrogen-bond donors (Lipinski definition) is 4. The van der Waals surface area contributed by atoms with Gasteiger partial charge in [-0.15, -0.1) is 10.2 Å². The average Bonchev–Trinajstić information content (AvgIpc) is 3.19. The van der Waals surface area contributed by atoms with Crippen LogP contribution < -0.4 is 5.43 Å². The molecule has 1 aromatic carbocycles. The fraction of sp³-hybridized carbons (Fsp3) is 0.133. The number of nitrogens with one attached hydrogen (secondary N) is 3. The number of amides is 1. The second kappa shape index (κ2) is 6.06. The van der Waals surface area contributed by atoms with Crippen LogP contribution in [0.15, 0.2) is 45.9 Å². The first-order chi connectivity index (χ1) is 12.1. The van der Waals surface area contributed by atoms with Crippen molar-refractivity contribution < 1.29 is 9.90 Å². The lowest BCUT2D eigenvalue weighted by atomic mass is 10.1. The molecule has 0 radical (unpaired) electrons. The van der Waals surface area contributed by atoms with Gasteiger partial charge in [0.1, 0.15) is 0 Å². The number of hydrazone groups is 1. The summed E-state index contributed by atoms with van der Waals surface area (Å²) in [6.45, 7) is 1.92. The Morgan fingerprint density at radius 2 is 2.20 bits per heavy atom. The quantitative estimate of drug-likeness (QED) is 0.535. The van der Waals surface area contributed by atoms with Gasteiger partial charge in [0.05, 0.1) is 16.5 Å². The molecule has 9 nitrogen and oxygen atoms in total. The summed E-state index contributed by atoms with van der Waals surface area (Å²) in [6.07, 6.45) is 3.20. The Morgan fingerprint density at radius 1 is 1.32 bits per heavy atom. The molecule has 1 unspecified atom stereocenters. The van der Waals surface area contributed by atoms with Crippen LogP contribution in [0.1, 0.15) is 12.5 Å². The topological polar surface area (TPSA) is 131 Å². The van der Waals surface area contributed by atoms with Gasteiger partial charge < -0.3 is 15.1 Å². The molecule has 1 aliphatic rings. The number of rotatable bonds is 3. The first-order valence-electron chi connectivity index (χ1n) is 7.42. The Balaban J connectivity index is 1.77. The third-order valence-electron chi connectivity index (χ3n) is 3.71. The van der Waals surface area contributed by atoms with Crippen LogP contribution >= 0.6 is 11.8 Å². The van der Waals surface area contributed by atoms with Gasteiger partial charge in [0.15, 0.2) is 5.69 Å². The number of carbonyl (C=O) groups excluding carboxylic acids is 1. The van der Waals surface area contributed by atoms with E-state index in [0.29, 0.717) is 17.0 Å². The van der Waals surface area contributed by atoms with Crippen molar-refractivity contribution in [2.75, 3.05) is 0 Å². The molecule has 1 atom stereocenters. The predicted molar refractivity (Wildman–Crippen MR) is 94.8 cm³/mol. The Labute approximate surface area is 145 Å². The van der Waals surface area contributed by atoms with Crippen LogP contribution in [0.5, 0.6) is 5.88 Å². The van der Waals surface area contributed by atoms with Crippen molar-refractivity contribution in [2.45, 2.75) is 12.2 Å². The zero-order valence-electron chi connectivity index (χ0n) is 13.0. The molecule has 4 rings (SSSR count). The van der Waals surface area contributed by atoms with Crippen LogP contribution in [-0.2, 0) is 0 Å². The predicted octanol–water partition coefficient (Wildman–Crippen LogP) is 3.56. The fourth-order valence-electron chi connectivity index (χ4n) is 2.57. The third-order valence-corrected chi connectivity index (χ3v) is 4.60. The van der Waals surface area contributed by atoms with E-state index in [1.807, 2.05) is 25.1 Å². The Bertz CT molecular complexity index is 1010. The standard InChI is InChI=1S/C15H13N7O2S/c1-7-11(19-22-15(24)25-7)8-2-3-10-9(6-8)12(13(23)18-10)20-21-14-16-4-5-17-14/h2-7,18,23H,1H3,(H,16,17)(H,22,24). The number of aromatic hydroxyl groups is 1. The molecular formula is C15H13N7O2S. The number of imidazole rings is 1. The molecule has 126 valence electrons. The molecule has 10 heteroatoms. The Kier molecular flexibility index (Phi) is 3.73. The van der Waals surface area contributed by atoms with E-state index < -0.39 is 0 Å². The average molecular weight is 355 g/mol. The number of azo groups is 1. The lowest BCUT2D eigenvalue weighted by Gasteiger charge is -2.18. The molecule has 3 aromatic rings. The molecule has 0 saturated heterocycles. The summed E-state index contributed by atoms with van der Waals surface area (Å²) < 4.78 is 0. The summed E-state index contributed by atoms with van der Waals surface area (Å²) in [4.78, 5) is 21.0.